The van der Waals surface area contributed by atoms with Gasteiger partial charge in [0.05, 0.1) is 0 Å². The molecular weight excluding hydrogens is 355 g/mol. The van der Waals surface area contributed by atoms with E-state index >= 15 is 0 Å². The molecule has 0 radical (unpaired) electrons. The zero-order chi connectivity index (χ0) is 12.8. The summed E-state index contributed by atoms with van der Waals surface area (Å²) in [5, 5.41) is 10.8. The number of nitrogens with zero attached hydrogens (tertiary/aromatic N) is 4. The van der Waals surface area contributed by atoms with Crippen molar-refractivity contribution in [2.24, 2.45) is 12.0 Å². The van der Waals surface area contributed by atoms with Gasteiger partial charge in [-0.05, 0) is 19.8 Å². The number of rotatable bonds is 4. The zero-order valence-electron chi connectivity index (χ0n) is 11.6. The lowest BCUT2D eigenvalue weighted by molar-refractivity contribution is 0.611. The van der Waals surface area contributed by atoms with E-state index < -0.39 is 0 Å². The topological polar surface area (TPSA) is 67.1 Å². The number of nitrogens with one attached hydrogen (secondary N) is 2. The third-order valence-electron chi connectivity index (χ3n) is 3.22. The Morgan fingerprint density at radius 3 is 2.79 bits per heavy atom. The Labute approximate surface area is 131 Å². The molecule has 2 N–H and O–H groups in total. The van der Waals surface area contributed by atoms with Crippen molar-refractivity contribution in [2.75, 3.05) is 6.54 Å². The van der Waals surface area contributed by atoms with Gasteiger partial charge in [0, 0.05) is 19.6 Å². The SMILES string of the molecule is CCNC(=NCc1ncnn1C)NC1CCCC1.I. The van der Waals surface area contributed by atoms with Crippen LogP contribution in [-0.4, -0.2) is 33.3 Å². The fourth-order valence-corrected chi connectivity index (χ4v) is 2.20. The van der Waals surface area contributed by atoms with Crippen LogP contribution in [0.1, 0.15) is 38.4 Å². The Balaban J connectivity index is 0.00000180. The summed E-state index contributed by atoms with van der Waals surface area (Å²) >= 11 is 0. The first-order chi connectivity index (χ1) is 8.79. The quantitative estimate of drug-likeness (QED) is 0.473. The number of hydrogen-bond donors (Lipinski definition) is 2. The van der Waals surface area contributed by atoms with Gasteiger partial charge in [-0.3, -0.25) is 4.68 Å². The number of hydrogen-bond acceptors (Lipinski definition) is 3. The number of aliphatic imine (C=N–C) groups is 1. The molecule has 1 aromatic rings. The van der Waals surface area contributed by atoms with Crippen LogP contribution in [0.25, 0.3) is 0 Å². The molecule has 0 spiro atoms. The largest absolute Gasteiger partial charge is 0.357 e. The fourth-order valence-electron chi connectivity index (χ4n) is 2.20. The molecule has 0 bridgehead atoms. The predicted octanol–water partition coefficient (Wildman–Crippen LogP) is 1.43. The molecule has 0 amide bonds. The summed E-state index contributed by atoms with van der Waals surface area (Å²) < 4.78 is 1.75. The van der Waals surface area contributed by atoms with Gasteiger partial charge in [-0.25, -0.2) is 9.98 Å². The smallest absolute Gasteiger partial charge is 0.191 e. The molecule has 1 fully saturated rings. The molecule has 1 heterocycles. The van der Waals surface area contributed by atoms with Crippen LogP contribution in [0.2, 0.25) is 0 Å². The lowest BCUT2D eigenvalue weighted by Gasteiger charge is -2.16. The van der Waals surface area contributed by atoms with Gasteiger partial charge < -0.3 is 10.6 Å². The second kappa shape index (κ2) is 8.34. The van der Waals surface area contributed by atoms with E-state index in [1.54, 1.807) is 11.0 Å². The standard InChI is InChI=1S/C12H22N6.HI/c1-3-13-12(17-10-6-4-5-7-10)14-8-11-15-9-16-18(11)2;/h9-10H,3-8H2,1-2H3,(H2,13,14,17);1H. The lowest BCUT2D eigenvalue weighted by Crippen LogP contribution is -2.42. The third kappa shape index (κ3) is 4.96. The molecule has 0 saturated heterocycles. The molecule has 0 aliphatic heterocycles. The normalized spacial score (nSPS) is 16.2. The van der Waals surface area contributed by atoms with Crippen molar-refractivity contribution in [3.8, 4) is 0 Å². The van der Waals surface area contributed by atoms with Crippen LogP contribution in [0.4, 0.5) is 0 Å². The Kier molecular flexibility index (Phi) is 7.11. The minimum atomic E-state index is 0. The number of aromatic nitrogens is 3. The van der Waals surface area contributed by atoms with Crippen molar-refractivity contribution in [1.29, 1.82) is 0 Å². The molecule has 2 rings (SSSR count). The molecule has 0 unspecified atom stereocenters. The molecule has 1 aliphatic carbocycles. The highest BCUT2D eigenvalue weighted by atomic mass is 127. The van der Waals surface area contributed by atoms with Crippen molar-refractivity contribution >= 4 is 29.9 Å². The van der Waals surface area contributed by atoms with E-state index in [0.717, 1.165) is 18.3 Å². The van der Waals surface area contributed by atoms with Crippen LogP contribution >= 0.6 is 24.0 Å². The maximum absolute atomic E-state index is 4.55. The summed E-state index contributed by atoms with van der Waals surface area (Å²) in [6.45, 7) is 3.50. The molecule has 108 valence electrons. The zero-order valence-corrected chi connectivity index (χ0v) is 13.9. The Morgan fingerprint density at radius 2 is 2.21 bits per heavy atom. The van der Waals surface area contributed by atoms with Crippen LogP contribution in [0.3, 0.4) is 0 Å². The van der Waals surface area contributed by atoms with E-state index in [4.69, 9.17) is 0 Å². The molecule has 19 heavy (non-hydrogen) atoms. The monoisotopic (exact) mass is 378 g/mol. The number of halogens is 1. The molecule has 6 nitrogen and oxygen atoms in total. The van der Waals surface area contributed by atoms with Gasteiger partial charge in [0.15, 0.2) is 5.96 Å². The number of guanidine groups is 1. The van der Waals surface area contributed by atoms with Crippen molar-refractivity contribution < 1.29 is 0 Å². The Morgan fingerprint density at radius 1 is 1.47 bits per heavy atom. The second-order valence-electron chi connectivity index (χ2n) is 4.62. The van der Waals surface area contributed by atoms with E-state index in [2.05, 4.69) is 32.6 Å². The Bertz CT molecular complexity index is 397. The van der Waals surface area contributed by atoms with Crippen LogP contribution in [0.15, 0.2) is 11.3 Å². The van der Waals surface area contributed by atoms with E-state index in [1.165, 1.54) is 25.7 Å². The Hall–Kier alpha value is -0.860. The fraction of sp³-hybridized carbons (Fsp3) is 0.750. The summed E-state index contributed by atoms with van der Waals surface area (Å²) in [6.07, 6.45) is 6.69. The van der Waals surface area contributed by atoms with Crippen LogP contribution < -0.4 is 10.6 Å². The highest BCUT2D eigenvalue weighted by Crippen LogP contribution is 2.17. The first kappa shape index (κ1) is 16.2. The summed E-state index contributed by atoms with van der Waals surface area (Å²) in [7, 11) is 1.88. The van der Waals surface area contributed by atoms with Crippen molar-refractivity contribution in [2.45, 2.75) is 45.2 Å². The van der Waals surface area contributed by atoms with Gasteiger partial charge in [0.2, 0.25) is 0 Å². The molecule has 1 saturated carbocycles. The van der Waals surface area contributed by atoms with E-state index in [1.807, 2.05) is 7.05 Å². The van der Waals surface area contributed by atoms with Gasteiger partial charge >= 0.3 is 0 Å². The van der Waals surface area contributed by atoms with E-state index in [-0.39, 0.29) is 24.0 Å². The van der Waals surface area contributed by atoms with Gasteiger partial charge in [-0.1, -0.05) is 12.8 Å². The molecule has 0 atom stereocenters. The third-order valence-corrected chi connectivity index (χ3v) is 3.22. The highest BCUT2D eigenvalue weighted by molar-refractivity contribution is 14.0. The molecule has 1 aliphatic rings. The molecular formula is C12H23IN6. The molecule has 1 aromatic heterocycles. The first-order valence-corrected chi connectivity index (χ1v) is 6.67. The maximum atomic E-state index is 4.55. The maximum Gasteiger partial charge on any atom is 0.191 e. The minimum Gasteiger partial charge on any atom is -0.357 e. The van der Waals surface area contributed by atoms with Crippen molar-refractivity contribution in [3.63, 3.8) is 0 Å². The van der Waals surface area contributed by atoms with Gasteiger partial charge in [-0.2, -0.15) is 5.10 Å². The van der Waals surface area contributed by atoms with Crippen LogP contribution in [-0.2, 0) is 13.6 Å². The lowest BCUT2D eigenvalue weighted by atomic mass is 10.2. The van der Waals surface area contributed by atoms with E-state index in [9.17, 15) is 0 Å². The van der Waals surface area contributed by atoms with Gasteiger partial charge in [0.1, 0.15) is 18.7 Å². The van der Waals surface area contributed by atoms with Gasteiger partial charge in [-0.15, -0.1) is 24.0 Å². The predicted molar refractivity (Wildman–Crippen MR) is 86.6 cm³/mol. The summed E-state index contributed by atoms with van der Waals surface area (Å²) in [6, 6.07) is 0.572. The van der Waals surface area contributed by atoms with Gasteiger partial charge in [0.25, 0.3) is 0 Å². The molecule has 0 aromatic carbocycles. The minimum absolute atomic E-state index is 0. The summed E-state index contributed by atoms with van der Waals surface area (Å²) in [5.41, 5.74) is 0. The van der Waals surface area contributed by atoms with E-state index in [0.29, 0.717) is 12.6 Å². The average Bonchev–Trinajstić information content (AvgIpc) is 2.98. The summed E-state index contributed by atoms with van der Waals surface area (Å²) in [5.74, 6) is 1.76. The summed E-state index contributed by atoms with van der Waals surface area (Å²) in [4.78, 5) is 8.72. The van der Waals surface area contributed by atoms with Crippen LogP contribution in [0.5, 0.6) is 0 Å². The van der Waals surface area contributed by atoms with Crippen molar-refractivity contribution in [1.82, 2.24) is 25.4 Å². The first-order valence-electron chi connectivity index (χ1n) is 6.67. The van der Waals surface area contributed by atoms with Crippen LogP contribution in [0, 0.1) is 0 Å². The molecule has 7 heteroatoms. The van der Waals surface area contributed by atoms with Crippen molar-refractivity contribution in [3.05, 3.63) is 12.2 Å². The second-order valence-corrected chi connectivity index (χ2v) is 4.62. The number of aryl methyl sites for hydroxylation is 1. The average molecular weight is 378 g/mol. The highest BCUT2D eigenvalue weighted by Gasteiger charge is 2.15.